The van der Waals surface area contributed by atoms with E-state index in [1.54, 1.807) is 4.90 Å². The van der Waals surface area contributed by atoms with E-state index >= 15 is 0 Å². The molecule has 0 aromatic rings. The van der Waals surface area contributed by atoms with Crippen molar-refractivity contribution in [2.75, 3.05) is 26.2 Å². The van der Waals surface area contributed by atoms with E-state index in [0.717, 1.165) is 12.8 Å². The van der Waals surface area contributed by atoms with Crippen LogP contribution in [0.2, 0.25) is 0 Å². The summed E-state index contributed by atoms with van der Waals surface area (Å²) in [7, 11) is 0. The average molecular weight is 258 g/mol. The normalized spacial score (nSPS) is 19.7. The summed E-state index contributed by atoms with van der Waals surface area (Å²) in [6, 6.07) is 0. The Labute approximate surface area is 110 Å². The van der Waals surface area contributed by atoms with Gasteiger partial charge in [0.05, 0.1) is 12.2 Å². The SMILES string of the molecule is CC(C)(C)OC(=O)N1CCC(C)(OCCN)CC1. The van der Waals surface area contributed by atoms with Crippen LogP contribution in [0.4, 0.5) is 4.79 Å². The quantitative estimate of drug-likeness (QED) is 0.837. The van der Waals surface area contributed by atoms with Gasteiger partial charge in [0.1, 0.15) is 5.60 Å². The molecule has 18 heavy (non-hydrogen) atoms. The number of hydrogen-bond donors (Lipinski definition) is 1. The first kappa shape index (κ1) is 15.2. The maximum atomic E-state index is 11.9. The first-order chi connectivity index (χ1) is 8.26. The van der Waals surface area contributed by atoms with E-state index in [4.69, 9.17) is 15.2 Å². The molecule has 0 bridgehead atoms. The summed E-state index contributed by atoms with van der Waals surface area (Å²) in [6.07, 6.45) is 1.42. The smallest absolute Gasteiger partial charge is 0.410 e. The zero-order valence-electron chi connectivity index (χ0n) is 12.0. The molecule has 1 saturated heterocycles. The zero-order valence-corrected chi connectivity index (χ0v) is 12.0. The van der Waals surface area contributed by atoms with Gasteiger partial charge in [0, 0.05) is 19.6 Å². The Kier molecular flexibility index (Phi) is 4.99. The molecule has 1 fully saturated rings. The molecule has 0 aliphatic carbocycles. The summed E-state index contributed by atoms with van der Waals surface area (Å²) in [6.45, 7) is 10.2. The highest BCUT2D eigenvalue weighted by atomic mass is 16.6. The fourth-order valence-electron chi connectivity index (χ4n) is 1.94. The van der Waals surface area contributed by atoms with Gasteiger partial charge in [-0.3, -0.25) is 0 Å². The van der Waals surface area contributed by atoms with Gasteiger partial charge in [-0.1, -0.05) is 0 Å². The summed E-state index contributed by atoms with van der Waals surface area (Å²) >= 11 is 0. The average Bonchev–Trinajstić information content (AvgIpc) is 2.25. The zero-order chi connectivity index (χ0) is 13.8. The van der Waals surface area contributed by atoms with E-state index in [-0.39, 0.29) is 11.7 Å². The number of carbonyl (C=O) groups excluding carboxylic acids is 1. The molecular weight excluding hydrogens is 232 g/mol. The number of nitrogens with zero attached hydrogens (tertiary/aromatic N) is 1. The number of piperidine rings is 1. The number of ether oxygens (including phenoxy) is 2. The standard InChI is InChI=1S/C13H26N2O3/c1-12(2,3)18-11(16)15-8-5-13(4,6-9-15)17-10-7-14/h5-10,14H2,1-4H3. The third kappa shape index (κ3) is 4.82. The highest BCUT2D eigenvalue weighted by Crippen LogP contribution is 2.26. The van der Waals surface area contributed by atoms with Crippen molar-refractivity contribution in [2.45, 2.75) is 51.7 Å². The predicted octanol–water partition coefficient (Wildman–Crippen LogP) is 1.75. The minimum Gasteiger partial charge on any atom is -0.444 e. The van der Waals surface area contributed by atoms with Crippen LogP contribution in [0.1, 0.15) is 40.5 Å². The van der Waals surface area contributed by atoms with Gasteiger partial charge in [-0.15, -0.1) is 0 Å². The monoisotopic (exact) mass is 258 g/mol. The predicted molar refractivity (Wildman–Crippen MR) is 70.5 cm³/mol. The van der Waals surface area contributed by atoms with Gasteiger partial charge in [-0.2, -0.15) is 0 Å². The largest absolute Gasteiger partial charge is 0.444 e. The Morgan fingerprint density at radius 2 is 1.89 bits per heavy atom. The molecule has 0 aromatic heterocycles. The van der Waals surface area contributed by atoms with E-state index in [9.17, 15) is 4.79 Å². The fraction of sp³-hybridized carbons (Fsp3) is 0.923. The van der Waals surface area contributed by atoms with Crippen LogP contribution >= 0.6 is 0 Å². The maximum Gasteiger partial charge on any atom is 0.410 e. The summed E-state index contributed by atoms with van der Waals surface area (Å²) in [5.74, 6) is 0. The van der Waals surface area contributed by atoms with Gasteiger partial charge in [0.25, 0.3) is 0 Å². The van der Waals surface area contributed by atoms with Crippen LogP contribution in [0, 0.1) is 0 Å². The summed E-state index contributed by atoms with van der Waals surface area (Å²) < 4.78 is 11.1. The number of hydrogen-bond acceptors (Lipinski definition) is 4. The van der Waals surface area contributed by atoms with Gasteiger partial charge in [-0.05, 0) is 40.5 Å². The van der Waals surface area contributed by atoms with Crippen LogP contribution in [-0.2, 0) is 9.47 Å². The number of likely N-dealkylation sites (tertiary alicyclic amines) is 1. The van der Waals surface area contributed by atoms with Crippen molar-refractivity contribution in [2.24, 2.45) is 5.73 Å². The molecule has 1 aliphatic heterocycles. The second-order valence-electron chi connectivity index (χ2n) is 6.05. The Balaban J connectivity index is 2.41. The lowest BCUT2D eigenvalue weighted by atomic mass is 9.93. The molecule has 1 heterocycles. The Morgan fingerprint density at radius 1 is 1.33 bits per heavy atom. The summed E-state index contributed by atoms with van der Waals surface area (Å²) in [5.41, 5.74) is 4.85. The molecule has 0 aromatic carbocycles. The third-order valence-electron chi connectivity index (χ3n) is 3.04. The van der Waals surface area contributed by atoms with Crippen molar-refractivity contribution in [1.82, 2.24) is 4.90 Å². The van der Waals surface area contributed by atoms with E-state index in [1.807, 2.05) is 20.8 Å². The van der Waals surface area contributed by atoms with Crippen LogP contribution in [0.5, 0.6) is 0 Å². The van der Waals surface area contributed by atoms with Crippen molar-refractivity contribution in [1.29, 1.82) is 0 Å². The van der Waals surface area contributed by atoms with Crippen molar-refractivity contribution < 1.29 is 14.3 Å². The van der Waals surface area contributed by atoms with Crippen LogP contribution in [0.15, 0.2) is 0 Å². The molecule has 2 N–H and O–H groups in total. The lowest BCUT2D eigenvalue weighted by molar-refractivity contribution is -0.0695. The number of carbonyl (C=O) groups is 1. The molecular formula is C13H26N2O3. The summed E-state index contributed by atoms with van der Waals surface area (Å²) in [4.78, 5) is 13.6. The Morgan fingerprint density at radius 3 is 2.33 bits per heavy atom. The topological polar surface area (TPSA) is 64.8 Å². The molecule has 1 rings (SSSR count). The molecule has 106 valence electrons. The van der Waals surface area contributed by atoms with Crippen molar-refractivity contribution in [3.63, 3.8) is 0 Å². The molecule has 0 atom stereocenters. The molecule has 0 spiro atoms. The van der Waals surface area contributed by atoms with E-state index < -0.39 is 5.60 Å². The lowest BCUT2D eigenvalue weighted by Crippen LogP contribution is -2.48. The van der Waals surface area contributed by atoms with Crippen molar-refractivity contribution in [3.8, 4) is 0 Å². The number of amides is 1. The van der Waals surface area contributed by atoms with Gasteiger partial charge >= 0.3 is 6.09 Å². The van der Waals surface area contributed by atoms with Gasteiger partial charge in [0.2, 0.25) is 0 Å². The molecule has 1 amide bonds. The number of rotatable bonds is 3. The van der Waals surface area contributed by atoms with Crippen LogP contribution in [-0.4, -0.2) is 48.4 Å². The van der Waals surface area contributed by atoms with Crippen LogP contribution < -0.4 is 5.73 Å². The third-order valence-corrected chi connectivity index (χ3v) is 3.04. The minimum atomic E-state index is -0.437. The molecule has 0 saturated carbocycles. The van der Waals surface area contributed by atoms with E-state index in [0.29, 0.717) is 26.2 Å². The lowest BCUT2D eigenvalue weighted by Gasteiger charge is -2.39. The Bertz CT molecular complexity index is 278. The first-order valence-corrected chi connectivity index (χ1v) is 6.58. The van der Waals surface area contributed by atoms with Gasteiger partial charge in [0.15, 0.2) is 0 Å². The first-order valence-electron chi connectivity index (χ1n) is 6.58. The van der Waals surface area contributed by atoms with Gasteiger partial charge < -0.3 is 20.1 Å². The molecule has 0 unspecified atom stereocenters. The highest BCUT2D eigenvalue weighted by Gasteiger charge is 2.34. The Hall–Kier alpha value is -0.810. The van der Waals surface area contributed by atoms with Crippen LogP contribution in [0.3, 0.4) is 0 Å². The molecule has 5 nitrogen and oxygen atoms in total. The van der Waals surface area contributed by atoms with E-state index in [1.165, 1.54) is 0 Å². The number of nitrogens with two attached hydrogens (primary N) is 1. The van der Waals surface area contributed by atoms with Crippen molar-refractivity contribution >= 4 is 6.09 Å². The molecule has 0 radical (unpaired) electrons. The molecule has 5 heteroatoms. The van der Waals surface area contributed by atoms with Gasteiger partial charge in [-0.25, -0.2) is 4.79 Å². The maximum absolute atomic E-state index is 11.9. The minimum absolute atomic E-state index is 0.155. The van der Waals surface area contributed by atoms with Crippen molar-refractivity contribution in [3.05, 3.63) is 0 Å². The second kappa shape index (κ2) is 5.89. The highest BCUT2D eigenvalue weighted by molar-refractivity contribution is 5.68. The fourth-order valence-corrected chi connectivity index (χ4v) is 1.94. The summed E-state index contributed by atoms with van der Waals surface area (Å²) in [5, 5.41) is 0. The second-order valence-corrected chi connectivity index (χ2v) is 6.05. The van der Waals surface area contributed by atoms with Crippen LogP contribution in [0.25, 0.3) is 0 Å². The molecule has 1 aliphatic rings. The van der Waals surface area contributed by atoms with E-state index in [2.05, 4.69) is 6.92 Å².